The monoisotopic (exact) mass is 1200 g/mol. The molecule has 0 fully saturated rings. The van der Waals surface area contributed by atoms with Crippen LogP contribution in [-0.2, 0) is 76.7 Å². The van der Waals surface area contributed by atoms with Gasteiger partial charge in [-0.1, -0.05) is 149 Å². The van der Waals surface area contributed by atoms with Crippen LogP contribution in [0.15, 0.2) is 72.8 Å². The van der Waals surface area contributed by atoms with Gasteiger partial charge in [-0.25, -0.2) is 0 Å². The number of hydrogen-bond acceptors (Lipinski definition) is 10. The minimum Gasteiger partial charge on any atom is -0.497 e. The third kappa shape index (κ3) is 24.5. The molecule has 0 aliphatic heterocycles. The van der Waals surface area contributed by atoms with E-state index in [1.54, 1.807) is 14.2 Å². The maximum Gasteiger partial charge on any atom is 0.312 e. The van der Waals surface area contributed by atoms with Crippen molar-refractivity contribution >= 4 is 23.9 Å². The third-order valence-corrected chi connectivity index (χ3v) is 16.9. The Bertz CT molecular complexity index is 2590. The average Bonchev–Trinajstić information content (AvgIpc) is 3.12. The molecule has 8 rings (SSSR count). The Hall–Kier alpha value is -5.64. The van der Waals surface area contributed by atoms with Crippen molar-refractivity contribution in [3.05, 3.63) is 128 Å². The van der Waals surface area contributed by atoms with Crippen molar-refractivity contribution in [2.24, 2.45) is 22.7 Å². The van der Waals surface area contributed by atoms with E-state index in [-0.39, 0.29) is 120 Å². The van der Waals surface area contributed by atoms with Crippen LogP contribution in [-0.4, -0.2) is 38.1 Å². The maximum atomic E-state index is 12.3. The first kappa shape index (κ1) is 86.8. The summed E-state index contributed by atoms with van der Waals surface area (Å²) >= 11 is 0. The first-order valence-corrected chi connectivity index (χ1v) is 29.6. The molecule has 0 saturated carbocycles. The summed E-state index contributed by atoms with van der Waals surface area (Å²) in [7, 11) is 3.34. The zero-order valence-corrected chi connectivity index (χ0v) is 50.2. The number of benzene rings is 4. The van der Waals surface area contributed by atoms with Crippen LogP contribution in [0, 0.1) is 22.7 Å². The largest absolute Gasteiger partial charge is 0.497 e. The minimum absolute atomic E-state index is 0. The van der Waals surface area contributed by atoms with E-state index in [0.717, 1.165) is 111 Å². The summed E-state index contributed by atoms with van der Waals surface area (Å²) in [6, 6.07) is 25.1. The number of carbonyl (C=O) groups excluding carboxylic acids is 4. The molecule has 0 radical (unpaired) electrons. The molecule has 10 heteroatoms. The van der Waals surface area contributed by atoms with Gasteiger partial charge in [-0.3, -0.25) is 19.2 Å². The Morgan fingerprint density at radius 2 is 0.791 bits per heavy atom. The Kier molecular flexibility index (Phi) is 41.9. The van der Waals surface area contributed by atoms with E-state index in [9.17, 15) is 19.2 Å². The summed E-state index contributed by atoms with van der Waals surface area (Å²) in [6.07, 6.45) is 18.5. The van der Waals surface area contributed by atoms with Gasteiger partial charge in [0.1, 0.15) is 35.9 Å². The highest BCUT2D eigenvalue weighted by Gasteiger charge is 2.33. The van der Waals surface area contributed by atoms with Crippen molar-refractivity contribution in [1.29, 1.82) is 0 Å². The fourth-order valence-corrected chi connectivity index (χ4v) is 9.92. The number of ether oxygens (including phenoxy) is 6. The lowest BCUT2D eigenvalue weighted by molar-refractivity contribution is -0.161. The zero-order chi connectivity index (χ0) is 57.2. The molecule has 4 aliphatic rings. The summed E-state index contributed by atoms with van der Waals surface area (Å²) in [4.78, 5) is 48.1. The highest BCUT2D eigenvalue weighted by Crippen LogP contribution is 2.38. The van der Waals surface area contributed by atoms with Gasteiger partial charge in [-0.15, -0.1) is 0 Å². The second-order valence-corrected chi connectivity index (χ2v) is 23.4. The molecule has 6 unspecified atom stereocenters. The predicted octanol–water partition coefficient (Wildman–Crippen LogP) is 21.6. The number of aryl methyl sites for hydroxylation is 6. The second-order valence-electron chi connectivity index (χ2n) is 23.4. The Morgan fingerprint density at radius 3 is 1.19 bits per heavy atom. The third-order valence-electron chi connectivity index (χ3n) is 16.9. The van der Waals surface area contributed by atoms with E-state index in [1.165, 1.54) is 71.9 Å². The molecular weight excluding hydrogens is 1070 g/mol. The Morgan fingerprint density at radius 1 is 0.430 bits per heavy atom. The summed E-state index contributed by atoms with van der Waals surface area (Å²) in [6.45, 7) is 23.6. The molecule has 0 amide bonds. The van der Waals surface area contributed by atoms with E-state index < -0.39 is 10.8 Å². The van der Waals surface area contributed by atoms with Gasteiger partial charge in [0.15, 0.2) is 0 Å². The molecule has 4 aliphatic carbocycles. The molecule has 86 heavy (non-hydrogen) atoms. The Labute approximate surface area is 528 Å². The molecule has 0 bridgehead atoms. The van der Waals surface area contributed by atoms with Gasteiger partial charge < -0.3 is 28.4 Å². The van der Waals surface area contributed by atoms with E-state index in [2.05, 4.69) is 48.5 Å². The van der Waals surface area contributed by atoms with Crippen molar-refractivity contribution in [2.75, 3.05) is 14.2 Å². The number of rotatable bonds is 16. The van der Waals surface area contributed by atoms with Crippen LogP contribution in [0.3, 0.4) is 0 Å². The fraction of sp³-hybridized carbons (Fsp3) is 0.632. The molecule has 0 N–H and O–H groups in total. The molecule has 0 heterocycles. The molecule has 0 spiro atoms. The summed E-state index contributed by atoms with van der Waals surface area (Å²) in [5.74, 6) is 1.31. The van der Waals surface area contributed by atoms with Gasteiger partial charge in [-0.05, 0) is 237 Å². The van der Waals surface area contributed by atoms with Crippen LogP contribution in [0.4, 0.5) is 0 Å². The number of methoxy groups -OCH3 is 2. The van der Waals surface area contributed by atoms with Crippen LogP contribution in [0.25, 0.3) is 0 Å². The first-order valence-electron chi connectivity index (χ1n) is 29.6. The van der Waals surface area contributed by atoms with Gasteiger partial charge in [0.2, 0.25) is 0 Å². The molecule has 0 saturated heterocycles. The average molecular weight is 1200 g/mol. The first-order chi connectivity index (χ1) is 37.2. The molecular formula is C76H128O10. The lowest BCUT2D eigenvalue weighted by Gasteiger charge is -2.29. The summed E-state index contributed by atoms with van der Waals surface area (Å²) < 4.78 is 33.1. The van der Waals surface area contributed by atoms with Crippen LogP contribution < -0.4 is 9.47 Å². The van der Waals surface area contributed by atoms with Crippen LogP contribution >= 0.6 is 0 Å². The summed E-state index contributed by atoms with van der Waals surface area (Å²) in [5.41, 5.74) is 12.0. The molecule has 6 atom stereocenters. The van der Waals surface area contributed by atoms with Crippen LogP contribution in [0.5, 0.6) is 11.5 Å². The van der Waals surface area contributed by atoms with Gasteiger partial charge >= 0.3 is 23.9 Å². The van der Waals surface area contributed by atoms with Gasteiger partial charge in [0.05, 0.1) is 36.9 Å². The number of carbonyl (C=O) groups is 4. The van der Waals surface area contributed by atoms with Crippen LogP contribution in [0.2, 0.25) is 0 Å². The quantitative estimate of drug-likeness (QED) is 0.0791. The maximum absolute atomic E-state index is 12.3. The smallest absolute Gasteiger partial charge is 0.312 e. The molecule has 10 nitrogen and oxygen atoms in total. The number of hydrogen-bond donors (Lipinski definition) is 0. The zero-order valence-electron chi connectivity index (χ0n) is 50.2. The number of esters is 4. The highest BCUT2D eigenvalue weighted by molar-refractivity contribution is 5.77. The van der Waals surface area contributed by atoms with E-state index >= 15 is 0 Å². The standard InChI is InChI=1S/C18H26O2.C17H24O3.C17H24O2.C16H22O3.8CH4/c1-5-18(3,4)17(19)20-13(2)15-11-10-14-8-6-7-9-16(14)12-15;1-5-17(2,3)16(18)20-15-8-6-7-12-11-13(19-4)9-10-14(12)15;1-4-12(2)17(18)19-13(3)15-10-9-14-7-5-6-8-16(14)11-15;1-4-11(2)16(17)19-15-7-5-6-12-10-13(18-3)8-9-14(12)15;;;;;;;;/h10-13H,5-9H2,1-4H3;9-11,15H,5-8H2,1-4H3;9-13H,4-8H2,1-3H3;8-11,15H,4-7H2,1-3H3;8*1H4. The van der Waals surface area contributed by atoms with Gasteiger partial charge in [0, 0.05) is 0 Å². The van der Waals surface area contributed by atoms with Gasteiger partial charge in [-0.2, -0.15) is 0 Å². The Balaban J connectivity index is -0.000000506. The number of fused-ring (bicyclic) bond motifs is 4. The highest BCUT2D eigenvalue weighted by atomic mass is 16.6. The van der Waals surface area contributed by atoms with Gasteiger partial charge in [0.25, 0.3) is 0 Å². The lowest BCUT2D eigenvalue weighted by atomic mass is 9.87. The normalized spacial score (nSPS) is 16.2. The SMILES string of the molecule is C.C.C.C.C.C.C.C.CCC(C)(C)C(=O)OC(C)c1ccc2c(c1)CCCC2.CCC(C)(C)C(=O)OC1CCCc2cc(OC)ccc21.CCC(C)C(=O)OC(C)c1ccc2c(c1)CCCC2.CCC(C)C(=O)OC1CCCc2cc(OC)ccc21. The molecule has 4 aromatic carbocycles. The molecule has 4 aromatic rings. The fourth-order valence-electron chi connectivity index (χ4n) is 9.92. The van der Waals surface area contributed by atoms with Crippen molar-refractivity contribution in [1.82, 2.24) is 0 Å². The van der Waals surface area contributed by atoms with Crippen molar-refractivity contribution in [3.8, 4) is 11.5 Å². The lowest BCUT2D eigenvalue weighted by Crippen LogP contribution is -2.28. The van der Waals surface area contributed by atoms with Crippen LogP contribution in [0.1, 0.15) is 300 Å². The summed E-state index contributed by atoms with van der Waals surface area (Å²) in [5, 5.41) is 0. The van der Waals surface area contributed by atoms with Crippen molar-refractivity contribution in [3.63, 3.8) is 0 Å². The predicted molar refractivity (Wildman–Crippen MR) is 366 cm³/mol. The minimum atomic E-state index is -0.413. The van der Waals surface area contributed by atoms with Crippen molar-refractivity contribution < 1.29 is 47.6 Å². The van der Waals surface area contributed by atoms with Crippen molar-refractivity contribution in [2.45, 2.75) is 282 Å². The van der Waals surface area contributed by atoms with E-state index in [1.807, 2.05) is 107 Å². The topological polar surface area (TPSA) is 124 Å². The molecule has 492 valence electrons. The molecule has 0 aromatic heterocycles. The second kappa shape index (κ2) is 41.5. The van der Waals surface area contributed by atoms with E-state index in [0.29, 0.717) is 0 Å². The van der Waals surface area contributed by atoms with E-state index in [4.69, 9.17) is 28.4 Å².